The summed E-state index contributed by atoms with van der Waals surface area (Å²) in [5.74, 6) is 0. The van der Waals surface area contributed by atoms with Crippen LogP contribution in [-0.2, 0) is 10.2 Å². The lowest BCUT2D eigenvalue weighted by molar-refractivity contribution is 0.0509. The van der Waals surface area contributed by atoms with Crippen molar-refractivity contribution in [3.63, 3.8) is 0 Å². The molecule has 0 radical (unpaired) electrons. The molecule has 0 aromatic heterocycles. The average Bonchev–Trinajstić information content (AvgIpc) is 2.84. The molecule has 0 saturated carbocycles. The van der Waals surface area contributed by atoms with Gasteiger partial charge in [0.1, 0.15) is 5.60 Å². The van der Waals surface area contributed by atoms with Gasteiger partial charge in [0.25, 0.3) is 0 Å². The average molecular weight is 318 g/mol. The molecule has 1 aliphatic heterocycles. The maximum absolute atomic E-state index is 11.9. The van der Waals surface area contributed by atoms with Crippen molar-refractivity contribution in [1.29, 1.82) is 0 Å². The molecule has 1 saturated heterocycles. The van der Waals surface area contributed by atoms with Crippen molar-refractivity contribution in [3.05, 3.63) is 29.8 Å². The Morgan fingerprint density at radius 2 is 1.91 bits per heavy atom. The molecule has 128 valence electrons. The number of ether oxygens (including phenoxy) is 1. The third kappa shape index (κ3) is 5.15. The molecule has 1 unspecified atom stereocenters. The van der Waals surface area contributed by atoms with E-state index in [4.69, 9.17) is 4.74 Å². The summed E-state index contributed by atoms with van der Waals surface area (Å²) in [6, 6.07) is 8.84. The van der Waals surface area contributed by atoms with Crippen molar-refractivity contribution in [2.75, 3.05) is 18.0 Å². The van der Waals surface area contributed by atoms with Crippen molar-refractivity contribution in [2.24, 2.45) is 0 Å². The fourth-order valence-electron chi connectivity index (χ4n) is 2.76. The van der Waals surface area contributed by atoms with E-state index >= 15 is 0 Å². The molecule has 1 fully saturated rings. The molecule has 1 aliphatic rings. The van der Waals surface area contributed by atoms with E-state index in [0.717, 1.165) is 19.5 Å². The van der Waals surface area contributed by atoms with Gasteiger partial charge in [0.2, 0.25) is 0 Å². The van der Waals surface area contributed by atoms with E-state index in [0.29, 0.717) is 0 Å². The Hall–Kier alpha value is -1.71. The summed E-state index contributed by atoms with van der Waals surface area (Å²) in [5, 5.41) is 2.98. The van der Waals surface area contributed by atoms with Crippen LogP contribution in [0.5, 0.6) is 0 Å². The SMILES string of the molecule is CC(C)(C)OC(=O)NC1CCN(c2cccc(C(C)(C)C)c2)C1. The zero-order chi connectivity index (χ0) is 17.3. The van der Waals surface area contributed by atoms with E-state index in [1.807, 2.05) is 20.8 Å². The van der Waals surface area contributed by atoms with Crippen LogP contribution in [-0.4, -0.2) is 30.8 Å². The monoisotopic (exact) mass is 318 g/mol. The fourth-order valence-corrected chi connectivity index (χ4v) is 2.76. The Kier molecular flexibility index (Phi) is 4.92. The van der Waals surface area contributed by atoms with Crippen molar-refractivity contribution in [2.45, 2.75) is 65.0 Å². The smallest absolute Gasteiger partial charge is 0.407 e. The summed E-state index contributed by atoms with van der Waals surface area (Å²) >= 11 is 0. The minimum absolute atomic E-state index is 0.142. The predicted molar refractivity (Wildman–Crippen MR) is 95.1 cm³/mol. The molecule has 0 bridgehead atoms. The number of anilines is 1. The lowest BCUT2D eigenvalue weighted by Crippen LogP contribution is -2.40. The van der Waals surface area contributed by atoms with Gasteiger partial charge >= 0.3 is 6.09 Å². The van der Waals surface area contributed by atoms with Gasteiger partial charge in [-0.2, -0.15) is 0 Å². The van der Waals surface area contributed by atoms with Crippen molar-refractivity contribution in [1.82, 2.24) is 5.32 Å². The summed E-state index contributed by atoms with van der Waals surface area (Å²) < 4.78 is 5.34. The molecule has 1 aromatic rings. The lowest BCUT2D eigenvalue weighted by atomic mass is 9.87. The van der Waals surface area contributed by atoms with Crippen molar-refractivity contribution >= 4 is 11.8 Å². The van der Waals surface area contributed by atoms with Gasteiger partial charge in [0.05, 0.1) is 6.04 Å². The number of rotatable bonds is 2. The largest absolute Gasteiger partial charge is 0.444 e. The van der Waals surface area contributed by atoms with Crippen LogP contribution in [0, 0.1) is 0 Å². The van der Waals surface area contributed by atoms with Crippen LogP contribution in [0.25, 0.3) is 0 Å². The first-order valence-electron chi connectivity index (χ1n) is 8.39. The number of carbonyl (C=O) groups is 1. The molecule has 2 rings (SSSR count). The minimum atomic E-state index is -0.455. The molecular formula is C19H30N2O2. The van der Waals surface area contributed by atoms with Crippen LogP contribution in [0.2, 0.25) is 0 Å². The summed E-state index contributed by atoms with van der Waals surface area (Å²) in [5.41, 5.74) is 2.25. The summed E-state index contributed by atoms with van der Waals surface area (Å²) in [6.07, 6.45) is 0.617. The van der Waals surface area contributed by atoms with Crippen LogP contribution in [0.3, 0.4) is 0 Å². The Balaban J connectivity index is 1.97. The summed E-state index contributed by atoms with van der Waals surface area (Å²) in [4.78, 5) is 14.2. The second kappa shape index (κ2) is 6.42. The minimum Gasteiger partial charge on any atom is -0.444 e. The first-order chi connectivity index (χ1) is 10.5. The molecule has 1 heterocycles. The zero-order valence-corrected chi connectivity index (χ0v) is 15.3. The quantitative estimate of drug-likeness (QED) is 0.893. The number of amides is 1. The molecule has 1 amide bonds. The van der Waals surface area contributed by atoms with Gasteiger partial charge in [-0.1, -0.05) is 32.9 Å². The van der Waals surface area contributed by atoms with Crippen LogP contribution < -0.4 is 10.2 Å². The van der Waals surface area contributed by atoms with Gasteiger partial charge in [-0.15, -0.1) is 0 Å². The van der Waals surface area contributed by atoms with Crippen LogP contribution in [0.1, 0.15) is 53.5 Å². The highest BCUT2D eigenvalue weighted by atomic mass is 16.6. The van der Waals surface area contributed by atoms with Gasteiger partial charge in [-0.25, -0.2) is 4.79 Å². The van der Waals surface area contributed by atoms with Gasteiger partial charge in [-0.05, 0) is 50.3 Å². The zero-order valence-electron chi connectivity index (χ0n) is 15.3. The fraction of sp³-hybridized carbons (Fsp3) is 0.632. The molecule has 1 N–H and O–H groups in total. The number of hydrogen-bond acceptors (Lipinski definition) is 3. The Labute approximate surface area is 140 Å². The third-order valence-corrected chi connectivity index (χ3v) is 3.99. The third-order valence-electron chi connectivity index (χ3n) is 3.99. The molecule has 23 heavy (non-hydrogen) atoms. The number of hydrogen-bond donors (Lipinski definition) is 1. The molecule has 4 heteroatoms. The second-order valence-electron chi connectivity index (χ2n) is 8.38. The van der Waals surface area contributed by atoms with E-state index in [1.165, 1.54) is 11.3 Å². The predicted octanol–water partition coefficient (Wildman–Crippen LogP) is 4.09. The highest BCUT2D eigenvalue weighted by Crippen LogP contribution is 2.28. The van der Waals surface area contributed by atoms with Gasteiger partial charge in [0, 0.05) is 18.8 Å². The van der Waals surface area contributed by atoms with Gasteiger partial charge in [0.15, 0.2) is 0 Å². The maximum atomic E-state index is 11.9. The lowest BCUT2D eigenvalue weighted by Gasteiger charge is -2.24. The topological polar surface area (TPSA) is 41.6 Å². The second-order valence-corrected chi connectivity index (χ2v) is 8.38. The molecule has 1 atom stereocenters. The van der Waals surface area contributed by atoms with E-state index in [1.54, 1.807) is 0 Å². The van der Waals surface area contributed by atoms with E-state index < -0.39 is 5.60 Å². The van der Waals surface area contributed by atoms with E-state index in [-0.39, 0.29) is 17.6 Å². The molecule has 1 aromatic carbocycles. The van der Waals surface area contributed by atoms with Crippen LogP contribution in [0.15, 0.2) is 24.3 Å². The van der Waals surface area contributed by atoms with Crippen molar-refractivity contribution < 1.29 is 9.53 Å². The highest BCUT2D eigenvalue weighted by Gasteiger charge is 2.26. The summed E-state index contributed by atoms with van der Waals surface area (Å²) in [7, 11) is 0. The van der Waals surface area contributed by atoms with Gasteiger partial charge in [-0.3, -0.25) is 0 Å². The molecule has 0 aliphatic carbocycles. The van der Waals surface area contributed by atoms with Crippen LogP contribution in [0.4, 0.5) is 10.5 Å². The van der Waals surface area contributed by atoms with E-state index in [2.05, 4.69) is 55.3 Å². The molecular weight excluding hydrogens is 288 g/mol. The number of alkyl carbamates (subject to hydrolysis) is 1. The standard InChI is InChI=1S/C19H30N2O2/c1-18(2,3)14-8-7-9-16(12-14)21-11-10-15(13-21)20-17(22)23-19(4,5)6/h7-9,12,15H,10-11,13H2,1-6H3,(H,20,22). The summed E-state index contributed by atoms with van der Waals surface area (Å²) in [6.45, 7) is 14.1. The Morgan fingerprint density at radius 1 is 1.22 bits per heavy atom. The highest BCUT2D eigenvalue weighted by molar-refractivity contribution is 5.68. The molecule has 0 spiro atoms. The van der Waals surface area contributed by atoms with Crippen molar-refractivity contribution in [3.8, 4) is 0 Å². The number of carbonyl (C=O) groups excluding carboxylic acids is 1. The van der Waals surface area contributed by atoms with Gasteiger partial charge < -0.3 is 15.0 Å². The molecule has 4 nitrogen and oxygen atoms in total. The number of nitrogens with zero attached hydrogens (tertiary/aromatic N) is 1. The number of benzene rings is 1. The van der Waals surface area contributed by atoms with Crippen LogP contribution >= 0.6 is 0 Å². The maximum Gasteiger partial charge on any atom is 0.407 e. The first kappa shape index (κ1) is 17.6. The number of nitrogens with one attached hydrogen (secondary N) is 1. The first-order valence-corrected chi connectivity index (χ1v) is 8.39. The van der Waals surface area contributed by atoms with E-state index in [9.17, 15) is 4.79 Å². The Bertz CT molecular complexity index is 555. The Morgan fingerprint density at radius 3 is 2.52 bits per heavy atom. The normalized spacial score (nSPS) is 18.9.